The molecule has 0 aliphatic carbocycles. The Labute approximate surface area is 151 Å². The number of nitrogens with zero attached hydrogens (tertiary/aromatic N) is 4. The number of amides is 1. The van der Waals surface area contributed by atoms with Crippen LogP contribution in [0.5, 0.6) is 5.75 Å². The smallest absolute Gasteiger partial charge is 0.243 e. The Morgan fingerprint density at radius 2 is 1.96 bits per heavy atom. The van der Waals surface area contributed by atoms with Gasteiger partial charge in [-0.05, 0) is 26.0 Å². The lowest BCUT2D eigenvalue weighted by atomic mass is 10.2. The maximum absolute atomic E-state index is 12.4. The summed E-state index contributed by atoms with van der Waals surface area (Å²) < 4.78 is 5.45. The zero-order valence-electron chi connectivity index (χ0n) is 14.7. The first kappa shape index (κ1) is 17.6. The number of ether oxygens (including phenoxy) is 1. The molecule has 0 spiro atoms. The maximum atomic E-state index is 12.4. The zero-order valence-corrected chi connectivity index (χ0v) is 15.5. The van der Waals surface area contributed by atoms with Crippen LogP contribution in [0, 0.1) is 6.92 Å². The van der Waals surface area contributed by atoms with Gasteiger partial charge in [-0.15, -0.1) is 10.2 Å². The molecular formula is C17H23N5O2S. The van der Waals surface area contributed by atoms with E-state index in [0.29, 0.717) is 5.13 Å². The van der Waals surface area contributed by atoms with Crippen molar-refractivity contribution in [3.63, 3.8) is 0 Å². The normalized spacial score (nSPS) is 16.5. The van der Waals surface area contributed by atoms with E-state index in [9.17, 15) is 4.79 Å². The third-order valence-electron chi connectivity index (χ3n) is 4.42. The van der Waals surface area contributed by atoms with Gasteiger partial charge in [-0.1, -0.05) is 23.5 Å². The number of benzene rings is 1. The molecule has 25 heavy (non-hydrogen) atoms. The number of aromatic nitrogens is 2. The minimum atomic E-state index is -0.205. The molecule has 1 aromatic carbocycles. The number of methoxy groups -OCH3 is 1. The molecule has 1 aliphatic heterocycles. The Bertz CT molecular complexity index is 727. The fourth-order valence-electron chi connectivity index (χ4n) is 2.96. The monoisotopic (exact) mass is 361 g/mol. The van der Waals surface area contributed by atoms with Crippen LogP contribution in [0.3, 0.4) is 0 Å². The number of piperazine rings is 1. The first-order valence-corrected chi connectivity index (χ1v) is 9.13. The van der Waals surface area contributed by atoms with Crippen LogP contribution in [0.15, 0.2) is 24.3 Å². The van der Waals surface area contributed by atoms with E-state index in [1.54, 1.807) is 7.11 Å². The van der Waals surface area contributed by atoms with Gasteiger partial charge in [-0.25, -0.2) is 0 Å². The molecule has 0 unspecified atom stereocenters. The highest BCUT2D eigenvalue weighted by Gasteiger charge is 2.27. The maximum Gasteiger partial charge on any atom is 0.243 e. The van der Waals surface area contributed by atoms with Crippen molar-refractivity contribution in [2.24, 2.45) is 0 Å². The Hall–Kier alpha value is -2.19. The highest BCUT2D eigenvalue weighted by Crippen LogP contribution is 2.28. The van der Waals surface area contributed by atoms with E-state index in [1.807, 2.05) is 32.0 Å². The third-order valence-corrected chi connectivity index (χ3v) is 5.18. The predicted molar refractivity (Wildman–Crippen MR) is 99.5 cm³/mol. The van der Waals surface area contributed by atoms with Gasteiger partial charge in [-0.3, -0.25) is 15.0 Å². The summed E-state index contributed by atoms with van der Waals surface area (Å²) in [6, 6.07) is 7.83. The van der Waals surface area contributed by atoms with Crippen molar-refractivity contribution in [2.75, 3.05) is 43.5 Å². The average molecular weight is 361 g/mol. The average Bonchev–Trinajstić information content (AvgIpc) is 3.06. The number of aryl methyl sites for hydroxylation is 1. The quantitative estimate of drug-likeness (QED) is 0.878. The predicted octanol–water partition coefficient (Wildman–Crippen LogP) is 2.00. The van der Waals surface area contributed by atoms with Gasteiger partial charge in [0.2, 0.25) is 11.0 Å². The van der Waals surface area contributed by atoms with Crippen LogP contribution in [0.4, 0.5) is 10.8 Å². The third kappa shape index (κ3) is 4.08. The van der Waals surface area contributed by atoms with Crippen molar-refractivity contribution in [3.8, 4) is 5.75 Å². The van der Waals surface area contributed by atoms with Gasteiger partial charge in [0, 0.05) is 26.2 Å². The summed E-state index contributed by atoms with van der Waals surface area (Å²) in [6.07, 6.45) is 0. The van der Waals surface area contributed by atoms with Gasteiger partial charge >= 0.3 is 0 Å². The molecule has 1 aromatic heterocycles. The van der Waals surface area contributed by atoms with Crippen molar-refractivity contribution in [1.82, 2.24) is 15.1 Å². The van der Waals surface area contributed by atoms with Crippen LogP contribution >= 0.6 is 11.3 Å². The highest BCUT2D eigenvalue weighted by molar-refractivity contribution is 7.15. The first-order chi connectivity index (χ1) is 12.1. The summed E-state index contributed by atoms with van der Waals surface area (Å²) in [4.78, 5) is 16.9. The van der Waals surface area contributed by atoms with Gasteiger partial charge in [0.05, 0.1) is 18.8 Å². The van der Waals surface area contributed by atoms with E-state index in [-0.39, 0.29) is 11.9 Å². The number of hydrogen-bond acceptors (Lipinski definition) is 7. The molecule has 0 radical (unpaired) electrons. The molecule has 134 valence electrons. The largest absolute Gasteiger partial charge is 0.495 e. The molecule has 1 saturated heterocycles. The number of anilines is 2. The number of hydrogen-bond donors (Lipinski definition) is 1. The zero-order chi connectivity index (χ0) is 17.8. The number of nitrogens with one attached hydrogen (secondary N) is 1. The molecule has 0 bridgehead atoms. The van der Waals surface area contributed by atoms with Gasteiger partial charge < -0.3 is 9.64 Å². The second-order valence-electron chi connectivity index (χ2n) is 5.99. The Balaban J connectivity index is 1.57. The van der Waals surface area contributed by atoms with Crippen molar-refractivity contribution in [2.45, 2.75) is 19.9 Å². The van der Waals surface area contributed by atoms with E-state index in [2.05, 4.69) is 31.4 Å². The molecule has 1 fully saturated rings. The summed E-state index contributed by atoms with van der Waals surface area (Å²) >= 11 is 1.39. The molecule has 2 aromatic rings. The molecule has 3 rings (SSSR count). The van der Waals surface area contributed by atoms with Gasteiger partial charge in [0.25, 0.3) is 0 Å². The molecule has 1 N–H and O–H groups in total. The Morgan fingerprint density at radius 1 is 1.24 bits per heavy atom. The van der Waals surface area contributed by atoms with Crippen LogP contribution < -0.4 is 15.0 Å². The lowest BCUT2D eigenvalue weighted by Crippen LogP contribution is -2.52. The summed E-state index contributed by atoms with van der Waals surface area (Å²) in [5.74, 6) is 0.843. The minimum Gasteiger partial charge on any atom is -0.495 e. The number of rotatable bonds is 5. The van der Waals surface area contributed by atoms with E-state index in [0.717, 1.165) is 42.6 Å². The fraction of sp³-hybridized carbons (Fsp3) is 0.471. The van der Waals surface area contributed by atoms with E-state index in [4.69, 9.17) is 4.74 Å². The summed E-state index contributed by atoms with van der Waals surface area (Å²) in [7, 11) is 1.69. The summed E-state index contributed by atoms with van der Waals surface area (Å²) in [5.41, 5.74) is 1.10. The molecule has 2 heterocycles. The standard InChI is InChI=1S/C17H23N5O2S/c1-12(16(23)18-17-20-19-13(2)25-17)21-8-10-22(11-9-21)14-6-4-5-7-15(14)24-3/h4-7,12H,8-11H2,1-3H3,(H,18,20,23)/t12-/m1/s1. The molecule has 1 atom stereocenters. The van der Waals surface area contributed by atoms with E-state index >= 15 is 0 Å². The Morgan fingerprint density at radius 3 is 2.60 bits per heavy atom. The van der Waals surface area contributed by atoms with Gasteiger partial charge in [0.1, 0.15) is 10.8 Å². The van der Waals surface area contributed by atoms with Crippen LogP contribution in [-0.2, 0) is 4.79 Å². The van der Waals surface area contributed by atoms with E-state index < -0.39 is 0 Å². The highest BCUT2D eigenvalue weighted by atomic mass is 32.1. The lowest BCUT2D eigenvalue weighted by molar-refractivity contribution is -0.120. The second kappa shape index (κ2) is 7.79. The first-order valence-electron chi connectivity index (χ1n) is 8.31. The summed E-state index contributed by atoms with van der Waals surface area (Å²) in [6.45, 7) is 7.16. The van der Waals surface area contributed by atoms with Crippen LogP contribution in [-0.4, -0.2) is 60.3 Å². The van der Waals surface area contributed by atoms with Crippen LogP contribution in [0.2, 0.25) is 0 Å². The molecule has 8 heteroatoms. The number of carbonyl (C=O) groups excluding carboxylic acids is 1. The van der Waals surface area contributed by atoms with Crippen LogP contribution in [0.25, 0.3) is 0 Å². The topological polar surface area (TPSA) is 70.6 Å². The fourth-order valence-corrected chi connectivity index (χ4v) is 3.56. The molecule has 0 saturated carbocycles. The number of carbonyl (C=O) groups is 1. The SMILES string of the molecule is COc1ccccc1N1CCN([C@H](C)C(=O)Nc2nnc(C)s2)CC1. The molecule has 1 amide bonds. The van der Waals surface area contributed by atoms with Crippen LogP contribution in [0.1, 0.15) is 11.9 Å². The number of para-hydroxylation sites is 2. The lowest BCUT2D eigenvalue weighted by Gasteiger charge is -2.38. The Kier molecular flexibility index (Phi) is 5.50. The van der Waals surface area contributed by atoms with Crippen molar-refractivity contribution in [1.29, 1.82) is 0 Å². The van der Waals surface area contributed by atoms with Gasteiger partial charge in [0.15, 0.2) is 0 Å². The van der Waals surface area contributed by atoms with Crippen molar-refractivity contribution >= 4 is 28.1 Å². The van der Waals surface area contributed by atoms with E-state index in [1.165, 1.54) is 11.3 Å². The van der Waals surface area contributed by atoms with Crippen molar-refractivity contribution < 1.29 is 9.53 Å². The van der Waals surface area contributed by atoms with Crippen molar-refractivity contribution in [3.05, 3.63) is 29.3 Å². The van der Waals surface area contributed by atoms with Gasteiger partial charge in [-0.2, -0.15) is 0 Å². The summed E-state index contributed by atoms with van der Waals surface area (Å²) in [5, 5.41) is 12.1. The minimum absolute atomic E-state index is 0.0399. The molecular weight excluding hydrogens is 338 g/mol. The molecule has 1 aliphatic rings. The molecule has 7 nitrogen and oxygen atoms in total. The second-order valence-corrected chi connectivity index (χ2v) is 7.17.